The molecule has 1 aromatic heterocycles. The summed E-state index contributed by atoms with van der Waals surface area (Å²) in [6.45, 7) is 4.54. The van der Waals surface area contributed by atoms with Gasteiger partial charge in [0.15, 0.2) is 0 Å². The fourth-order valence-corrected chi connectivity index (χ4v) is 1.42. The average Bonchev–Trinajstić information content (AvgIpc) is 2.21. The van der Waals surface area contributed by atoms with Gasteiger partial charge in [-0.1, -0.05) is 26.7 Å². The number of hydrogen-bond acceptors (Lipinski definition) is 2. The second kappa shape index (κ2) is 5.63. The van der Waals surface area contributed by atoms with E-state index in [1.807, 2.05) is 12.1 Å². The van der Waals surface area contributed by atoms with Crippen molar-refractivity contribution in [2.45, 2.75) is 39.5 Å². The maximum atomic E-state index is 5.56. The Balaban J connectivity index is 2.28. The monoisotopic (exact) mass is 192 g/mol. The van der Waals surface area contributed by atoms with E-state index in [2.05, 4.69) is 18.8 Å². The normalized spacial score (nSPS) is 12.7. The van der Waals surface area contributed by atoms with Gasteiger partial charge in [-0.05, 0) is 30.9 Å². The highest BCUT2D eigenvalue weighted by Gasteiger charge is 1.99. The van der Waals surface area contributed by atoms with E-state index in [-0.39, 0.29) is 0 Å². The molecule has 0 radical (unpaired) electrons. The van der Waals surface area contributed by atoms with E-state index in [0.717, 1.165) is 23.7 Å². The third-order valence-electron chi connectivity index (χ3n) is 2.67. The Labute approximate surface area is 86.5 Å². The summed E-state index contributed by atoms with van der Waals surface area (Å²) in [5.74, 6) is 0.837. The molecule has 0 aliphatic rings. The first-order chi connectivity index (χ1) is 6.72. The van der Waals surface area contributed by atoms with Crippen molar-refractivity contribution < 1.29 is 0 Å². The van der Waals surface area contributed by atoms with Crippen LogP contribution in [0.5, 0.6) is 0 Å². The van der Waals surface area contributed by atoms with Gasteiger partial charge in [-0.3, -0.25) is 4.98 Å². The fraction of sp³-hybridized carbons (Fsp3) is 0.583. The van der Waals surface area contributed by atoms with Gasteiger partial charge in [0.25, 0.3) is 0 Å². The molecule has 2 heteroatoms. The van der Waals surface area contributed by atoms with E-state index in [0.29, 0.717) is 0 Å². The van der Waals surface area contributed by atoms with Gasteiger partial charge in [0.1, 0.15) is 0 Å². The lowest BCUT2D eigenvalue weighted by molar-refractivity contribution is 0.494. The number of anilines is 1. The molecular formula is C12H20N2. The predicted molar refractivity (Wildman–Crippen MR) is 61.0 cm³/mol. The Bertz CT molecular complexity index is 254. The molecule has 0 aromatic carbocycles. The lowest BCUT2D eigenvalue weighted by atomic mass is 10.0. The Hall–Kier alpha value is -1.05. The highest BCUT2D eigenvalue weighted by atomic mass is 14.7. The predicted octanol–water partition coefficient (Wildman–Crippen LogP) is 3.03. The largest absolute Gasteiger partial charge is 0.397 e. The summed E-state index contributed by atoms with van der Waals surface area (Å²) in [7, 11) is 0. The summed E-state index contributed by atoms with van der Waals surface area (Å²) >= 11 is 0. The molecule has 0 amide bonds. The van der Waals surface area contributed by atoms with Crippen molar-refractivity contribution in [2.75, 3.05) is 5.73 Å². The SMILES string of the molecule is CCC(C)CCCc1ccc(N)cn1. The molecule has 1 aromatic rings. The molecule has 0 fully saturated rings. The number of nitrogen functional groups attached to an aromatic ring is 1. The van der Waals surface area contributed by atoms with Crippen molar-refractivity contribution in [3.8, 4) is 0 Å². The van der Waals surface area contributed by atoms with Crippen molar-refractivity contribution in [3.63, 3.8) is 0 Å². The summed E-state index contributed by atoms with van der Waals surface area (Å²) in [6, 6.07) is 3.94. The number of aryl methyl sites for hydroxylation is 1. The highest BCUT2D eigenvalue weighted by molar-refractivity contribution is 5.34. The van der Waals surface area contributed by atoms with Crippen LogP contribution in [0.4, 0.5) is 5.69 Å². The van der Waals surface area contributed by atoms with E-state index < -0.39 is 0 Å². The quantitative estimate of drug-likeness (QED) is 0.778. The molecule has 14 heavy (non-hydrogen) atoms. The van der Waals surface area contributed by atoms with Gasteiger partial charge in [-0.2, -0.15) is 0 Å². The van der Waals surface area contributed by atoms with Crippen molar-refractivity contribution in [2.24, 2.45) is 5.92 Å². The van der Waals surface area contributed by atoms with Gasteiger partial charge >= 0.3 is 0 Å². The lowest BCUT2D eigenvalue weighted by Gasteiger charge is -2.07. The van der Waals surface area contributed by atoms with Gasteiger partial charge in [-0.25, -0.2) is 0 Å². The van der Waals surface area contributed by atoms with Gasteiger partial charge in [0.2, 0.25) is 0 Å². The van der Waals surface area contributed by atoms with Crippen molar-refractivity contribution >= 4 is 5.69 Å². The topological polar surface area (TPSA) is 38.9 Å². The van der Waals surface area contributed by atoms with Crippen LogP contribution in [-0.4, -0.2) is 4.98 Å². The number of hydrogen-bond donors (Lipinski definition) is 1. The second-order valence-electron chi connectivity index (χ2n) is 3.99. The molecule has 2 N–H and O–H groups in total. The Morgan fingerprint density at radius 1 is 1.43 bits per heavy atom. The molecular weight excluding hydrogens is 172 g/mol. The average molecular weight is 192 g/mol. The minimum absolute atomic E-state index is 0.746. The van der Waals surface area contributed by atoms with E-state index in [1.165, 1.54) is 19.3 Å². The summed E-state index contributed by atoms with van der Waals surface area (Å²) in [5, 5.41) is 0. The number of nitrogens with zero attached hydrogens (tertiary/aromatic N) is 1. The standard InChI is InChI=1S/C12H20N2/c1-3-10(2)5-4-6-12-8-7-11(13)9-14-12/h7-10H,3-6,13H2,1-2H3. The smallest absolute Gasteiger partial charge is 0.0501 e. The zero-order valence-corrected chi connectivity index (χ0v) is 9.16. The van der Waals surface area contributed by atoms with Crippen LogP contribution in [0.25, 0.3) is 0 Å². The summed E-state index contributed by atoms with van der Waals surface area (Å²) in [5.41, 5.74) is 7.46. The molecule has 0 spiro atoms. The Morgan fingerprint density at radius 3 is 2.79 bits per heavy atom. The number of aromatic nitrogens is 1. The third-order valence-corrected chi connectivity index (χ3v) is 2.67. The Kier molecular flexibility index (Phi) is 4.44. The molecule has 1 rings (SSSR count). The zero-order valence-electron chi connectivity index (χ0n) is 9.16. The molecule has 78 valence electrons. The molecule has 0 bridgehead atoms. The van der Waals surface area contributed by atoms with Crippen LogP contribution in [0, 0.1) is 5.92 Å². The van der Waals surface area contributed by atoms with Crippen LogP contribution in [0.3, 0.4) is 0 Å². The minimum atomic E-state index is 0.746. The van der Waals surface area contributed by atoms with Crippen LogP contribution in [0.1, 0.15) is 38.8 Å². The van der Waals surface area contributed by atoms with Gasteiger partial charge in [0, 0.05) is 5.69 Å². The molecule has 1 unspecified atom stereocenters. The first-order valence-corrected chi connectivity index (χ1v) is 5.42. The highest BCUT2D eigenvalue weighted by Crippen LogP contribution is 2.12. The molecule has 0 saturated heterocycles. The number of pyridine rings is 1. The molecule has 1 atom stereocenters. The first kappa shape index (κ1) is 11.0. The molecule has 1 heterocycles. The van der Waals surface area contributed by atoms with E-state index in [4.69, 9.17) is 5.73 Å². The summed E-state index contributed by atoms with van der Waals surface area (Å²) < 4.78 is 0. The molecule has 0 saturated carbocycles. The maximum Gasteiger partial charge on any atom is 0.0501 e. The van der Waals surface area contributed by atoms with Gasteiger partial charge in [-0.15, -0.1) is 0 Å². The first-order valence-electron chi connectivity index (χ1n) is 5.42. The summed E-state index contributed by atoms with van der Waals surface area (Å²) in [6.07, 6.45) is 6.60. The van der Waals surface area contributed by atoms with E-state index in [1.54, 1.807) is 6.20 Å². The van der Waals surface area contributed by atoms with Gasteiger partial charge < -0.3 is 5.73 Å². The number of nitrogens with two attached hydrogens (primary N) is 1. The second-order valence-corrected chi connectivity index (χ2v) is 3.99. The molecule has 2 nitrogen and oxygen atoms in total. The van der Waals surface area contributed by atoms with Crippen LogP contribution in [-0.2, 0) is 6.42 Å². The van der Waals surface area contributed by atoms with Crippen molar-refractivity contribution in [1.29, 1.82) is 0 Å². The summed E-state index contributed by atoms with van der Waals surface area (Å²) in [4.78, 5) is 4.28. The van der Waals surface area contributed by atoms with Crippen LogP contribution in [0.2, 0.25) is 0 Å². The lowest BCUT2D eigenvalue weighted by Crippen LogP contribution is -1.96. The maximum absolute atomic E-state index is 5.56. The van der Waals surface area contributed by atoms with Crippen molar-refractivity contribution in [3.05, 3.63) is 24.0 Å². The van der Waals surface area contributed by atoms with Crippen LogP contribution in [0.15, 0.2) is 18.3 Å². The fourth-order valence-electron chi connectivity index (χ4n) is 1.42. The van der Waals surface area contributed by atoms with Gasteiger partial charge in [0.05, 0.1) is 11.9 Å². The molecule has 0 aliphatic heterocycles. The van der Waals surface area contributed by atoms with Crippen molar-refractivity contribution in [1.82, 2.24) is 4.98 Å². The zero-order chi connectivity index (χ0) is 10.4. The number of rotatable bonds is 5. The van der Waals surface area contributed by atoms with E-state index in [9.17, 15) is 0 Å². The minimum Gasteiger partial charge on any atom is -0.397 e. The third kappa shape index (κ3) is 3.77. The van der Waals surface area contributed by atoms with Crippen LogP contribution >= 0.6 is 0 Å². The Morgan fingerprint density at radius 2 is 2.21 bits per heavy atom. The molecule has 0 aliphatic carbocycles. The van der Waals surface area contributed by atoms with E-state index >= 15 is 0 Å². The van der Waals surface area contributed by atoms with Crippen LogP contribution < -0.4 is 5.73 Å².